The average molecular weight is 477 g/mol. The molecule has 190 valence electrons. The topological polar surface area (TPSA) is 96.4 Å². The quantitative estimate of drug-likeness (QED) is 0.264. The minimum absolute atomic E-state index is 0.0586. The van der Waals surface area contributed by atoms with Gasteiger partial charge in [-0.25, -0.2) is 0 Å². The van der Waals surface area contributed by atoms with Crippen LogP contribution in [0.3, 0.4) is 0 Å². The Bertz CT molecular complexity index is 830. The van der Waals surface area contributed by atoms with Crippen molar-refractivity contribution in [2.24, 2.45) is 17.8 Å². The average Bonchev–Trinajstić information content (AvgIpc) is 3.32. The van der Waals surface area contributed by atoms with Gasteiger partial charge in [0.05, 0.1) is 30.8 Å². The number of aliphatic hydroxyl groups excluding tert-OH is 1. The molecule has 1 spiro atoms. The van der Waals surface area contributed by atoms with E-state index in [0.29, 0.717) is 25.9 Å². The molecule has 0 aromatic rings. The Hall–Kier alpha value is -2.19. The highest BCUT2D eigenvalue weighted by Gasteiger charge is 2.80. The summed E-state index contributed by atoms with van der Waals surface area (Å²) in [5.41, 5.74) is -2.05. The van der Waals surface area contributed by atoms with Crippen molar-refractivity contribution in [2.75, 3.05) is 26.3 Å². The molecule has 3 aliphatic rings. The summed E-state index contributed by atoms with van der Waals surface area (Å²) in [4.78, 5) is 44.4. The third-order valence-electron chi connectivity index (χ3n) is 7.99. The van der Waals surface area contributed by atoms with Crippen LogP contribution in [0, 0.1) is 17.8 Å². The Balaban J connectivity index is 2.07. The Kier molecular flexibility index (Phi) is 7.92. The third kappa shape index (κ3) is 3.98. The number of carbonyl (C=O) groups is 3. The first kappa shape index (κ1) is 26.4. The second-order valence-electron chi connectivity index (χ2n) is 10.2. The van der Waals surface area contributed by atoms with Gasteiger partial charge in [-0.05, 0) is 39.0 Å². The molecule has 0 aromatic carbocycles. The molecule has 2 bridgehead atoms. The highest BCUT2D eigenvalue weighted by Crippen LogP contribution is 2.65. The van der Waals surface area contributed by atoms with Crippen molar-refractivity contribution < 1.29 is 29.0 Å². The summed E-state index contributed by atoms with van der Waals surface area (Å²) in [6, 6.07) is -1.51. The fourth-order valence-corrected chi connectivity index (χ4v) is 6.18. The molecule has 8 heteroatoms. The van der Waals surface area contributed by atoms with E-state index in [0.717, 1.165) is 12.8 Å². The summed E-state index contributed by atoms with van der Waals surface area (Å²) in [5.74, 6) is -2.73. The van der Waals surface area contributed by atoms with Crippen molar-refractivity contribution in [1.29, 1.82) is 0 Å². The summed E-state index contributed by atoms with van der Waals surface area (Å²) in [7, 11) is 0. The Labute approximate surface area is 202 Å². The first-order valence-corrected chi connectivity index (χ1v) is 12.4. The maximum Gasteiger partial charge on any atom is 0.312 e. The monoisotopic (exact) mass is 476 g/mol. The molecular formula is C26H40N2O6. The molecule has 3 fully saturated rings. The van der Waals surface area contributed by atoms with Crippen LogP contribution in [0.25, 0.3) is 0 Å². The number of hydrogen-bond donors (Lipinski definition) is 1. The lowest BCUT2D eigenvalue weighted by Gasteiger charge is -2.38. The van der Waals surface area contributed by atoms with E-state index in [1.165, 1.54) is 4.90 Å². The third-order valence-corrected chi connectivity index (χ3v) is 7.99. The zero-order valence-electron chi connectivity index (χ0n) is 21.0. The van der Waals surface area contributed by atoms with Gasteiger partial charge in [0, 0.05) is 13.1 Å². The van der Waals surface area contributed by atoms with Crippen LogP contribution in [-0.4, -0.2) is 82.3 Å². The van der Waals surface area contributed by atoms with Gasteiger partial charge in [-0.3, -0.25) is 14.4 Å². The molecular weight excluding hydrogens is 436 g/mol. The number of unbranched alkanes of at least 4 members (excludes halogenated alkanes) is 1. The van der Waals surface area contributed by atoms with Gasteiger partial charge in [-0.1, -0.05) is 32.4 Å². The van der Waals surface area contributed by atoms with Gasteiger partial charge in [-0.15, -0.1) is 13.2 Å². The van der Waals surface area contributed by atoms with Crippen LogP contribution in [0.5, 0.6) is 0 Å². The lowest BCUT2D eigenvalue weighted by molar-refractivity contribution is -0.163. The number of fused-ring (bicyclic) bond motifs is 1. The molecule has 0 aromatic heterocycles. The summed E-state index contributed by atoms with van der Waals surface area (Å²) in [5, 5.41) is 9.97. The van der Waals surface area contributed by atoms with Crippen molar-refractivity contribution in [2.45, 2.75) is 76.7 Å². The fraction of sp³-hybridized carbons (Fsp3) is 0.731. The molecule has 3 saturated heterocycles. The van der Waals surface area contributed by atoms with Gasteiger partial charge in [0.25, 0.3) is 0 Å². The van der Waals surface area contributed by atoms with Crippen LogP contribution in [0.2, 0.25) is 0 Å². The predicted molar refractivity (Wildman–Crippen MR) is 128 cm³/mol. The van der Waals surface area contributed by atoms with E-state index in [1.807, 2.05) is 13.8 Å². The molecule has 3 rings (SSSR count). The second-order valence-corrected chi connectivity index (χ2v) is 10.2. The number of likely N-dealkylation sites (tertiary alicyclic amines) is 1. The van der Waals surface area contributed by atoms with Crippen molar-refractivity contribution in [3.05, 3.63) is 25.3 Å². The van der Waals surface area contributed by atoms with Crippen molar-refractivity contribution in [1.82, 2.24) is 9.80 Å². The molecule has 2 amide bonds. The largest absolute Gasteiger partial charge is 0.465 e. The van der Waals surface area contributed by atoms with Gasteiger partial charge < -0.3 is 24.4 Å². The standard InChI is InChI=1S/C26H40N2O6/c1-7-10-13-27(12-9-3)23(31)21-26-15-17(4)25(6,34-26)20(24(32)33-14-11-8-2)19(26)22(30)28(21)18(5)16-29/h8-9,17-21,29H,2-3,7,10-16H2,1,4-6H3/t17?,18-,19+,20+,21?,25-,26?/m1/s1. The minimum atomic E-state index is -1.14. The number of esters is 1. The second kappa shape index (κ2) is 10.2. The van der Waals surface area contributed by atoms with Crippen LogP contribution in [0.4, 0.5) is 0 Å². The SMILES string of the molecule is C=CCCOC(=O)[C@@H]1[C@H]2C(=O)N([C@H](C)CO)C(C(=O)N(CC=C)CCCC)C23CC(C)[C@@]1(C)O3. The lowest BCUT2D eigenvalue weighted by atomic mass is 9.62. The molecule has 3 heterocycles. The molecule has 1 N–H and O–H groups in total. The molecule has 7 atom stereocenters. The zero-order valence-corrected chi connectivity index (χ0v) is 21.0. The van der Waals surface area contributed by atoms with Crippen LogP contribution in [0.15, 0.2) is 25.3 Å². The highest BCUT2D eigenvalue weighted by molar-refractivity contribution is 5.98. The molecule has 0 aliphatic carbocycles. The van der Waals surface area contributed by atoms with Crippen LogP contribution < -0.4 is 0 Å². The maximum atomic E-state index is 14.0. The predicted octanol–water partition coefficient (Wildman–Crippen LogP) is 2.31. The van der Waals surface area contributed by atoms with Gasteiger partial charge >= 0.3 is 5.97 Å². The van der Waals surface area contributed by atoms with E-state index in [2.05, 4.69) is 20.1 Å². The molecule has 3 aliphatic heterocycles. The van der Waals surface area contributed by atoms with Gasteiger partial charge in [0.15, 0.2) is 0 Å². The molecule has 0 radical (unpaired) electrons. The smallest absolute Gasteiger partial charge is 0.312 e. The van der Waals surface area contributed by atoms with E-state index < -0.39 is 41.1 Å². The molecule has 0 saturated carbocycles. The first-order valence-electron chi connectivity index (χ1n) is 12.4. The van der Waals surface area contributed by atoms with Crippen LogP contribution >= 0.6 is 0 Å². The molecule has 34 heavy (non-hydrogen) atoms. The Morgan fingerprint density at radius 2 is 2.09 bits per heavy atom. The normalized spacial score (nSPS) is 34.6. The fourth-order valence-electron chi connectivity index (χ4n) is 6.18. The van der Waals surface area contributed by atoms with E-state index >= 15 is 0 Å². The molecule has 8 nitrogen and oxygen atoms in total. The number of rotatable bonds is 12. The van der Waals surface area contributed by atoms with Crippen molar-refractivity contribution in [3.8, 4) is 0 Å². The highest BCUT2D eigenvalue weighted by atomic mass is 16.6. The number of ether oxygens (including phenoxy) is 2. The number of hydrogen-bond acceptors (Lipinski definition) is 6. The summed E-state index contributed by atoms with van der Waals surface area (Å²) >= 11 is 0. The first-order chi connectivity index (χ1) is 16.1. The lowest BCUT2D eigenvalue weighted by Crippen LogP contribution is -2.58. The Morgan fingerprint density at radius 3 is 2.68 bits per heavy atom. The zero-order chi connectivity index (χ0) is 25.3. The molecule has 3 unspecified atom stereocenters. The van der Waals surface area contributed by atoms with Gasteiger partial charge in [0.2, 0.25) is 11.8 Å². The van der Waals surface area contributed by atoms with Gasteiger partial charge in [-0.2, -0.15) is 0 Å². The van der Waals surface area contributed by atoms with Crippen LogP contribution in [0.1, 0.15) is 53.4 Å². The number of nitrogens with zero attached hydrogens (tertiary/aromatic N) is 2. The van der Waals surface area contributed by atoms with Crippen molar-refractivity contribution in [3.63, 3.8) is 0 Å². The van der Waals surface area contributed by atoms with Crippen molar-refractivity contribution >= 4 is 17.8 Å². The maximum absolute atomic E-state index is 14.0. The van der Waals surface area contributed by atoms with Gasteiger partial charge in [0.1, 0.15) is 17.6 Å². The van der Waals surface area contributed by atoms with Crippen LogP contribution in [-0.2, 0) is 23.9 Å². The van der Waals surface area contributed by atoms with E-state index in [4.69, 9.17) is 9.47 Å². The summed E-state index contributed by atoms with van der Waals surface area (Å²) in [6.45, 7) is 15.8. The summed E-state index contributed by atoms with van der Waals surface area (Å²) in [6.07, 6.45) is 6.07. The number of amides is 2. The van der Waals surface area contributed by atoms with E-state index in [9.17, 15) is 19.5 Å². The number of aliphatic hydroxyl groups is 1. The van der Waals surface area contributed by atoms with E-state index in [1.54, 1.807) is 24.0 Å². The Morgan fingerprint density at radius 1 is 1.38 bits per heavy atom. The minimum Gasteiger partial charge on any atom is -0.465 e. The van der Waals surface area contributed by atoms with E-state index in [-0.39, 0.29) is 30.9 Å². The summed E-state index contributed by atoms with van der Waals surface area (Å²) < 4.78 is 12.2. The number of carbonyl (C=O) groups excluding carboxylic acids is 3.